The van der Waals surface area contributed by atoms with Crippen LogP contribution in [0.3, 0.4) is 0 Å². The van der Waals surface area contributed by atoms with Gasteiger partial charge in [-0.25, -0.2) is 4.79 Å². The van der Waals surface area contributed by atoms with E-state index >= 15 is 0 Å². The summed E-state index contributed by atoms with van der Waals surface area (Å²) < 4.78 is 5.22. The smallest absolute Gasteiger partial charge is 0.342 e. The molecule has 9 heteroatoms. The Morgan fingerprint density at radius 2 is 1.90 bits per heavy atom. The Morgan fingerprint density at radius 1 is 1.13 bits per heavy atom. The van der Waals surface area contributed by atoms with E-state index in [1.54, 1.807) is 6.08 Å². The number of hydrogen-bond donors (Lipinski definition) is 5. The molecule has 1 aliphatic heterocycles. The van der Waals surface area contributed by atoms with Gasteiger partial charge < -0.3 is 25.4 Å². The highest BCUT2D eigenvalue weighted by Gasteiger charge is 2.19. The second-order valence-corrected chi connectivity index (χ2v) is 6.37. The van der Waals surface area contributed by atoms with Crippen LogP contribution in [0.25, 0.3) is 6.08 Å². The van der Waals surface area contributed by atoms with Gasteiger partial charge in [0.05, 0.1) is 18.9 Å². The van der Waals surface area contributed by atoms with Gasteiger partial charge >= 0.3 is 5.97 Å². The number of hydroxylamine groups is 1. The minimum Gasteiger partial charge on any atom is -0.508 e. The molecular formula is C21H26N2O7. The molecule has 0 fully saturated rings. The van der Waals surface area contributed by atoms with Crippen LogP contribution in [0.4, 0.5) is 0 Å². The van der Waals surface area contributed by atoms with Crippen molar-refractivity contribution in [2.45, 2.75) is 19.3 Å². The maximum absolute atomic E-state index is 12.5. The third-order valence-corrected chi connectivity index (χ3v) is 3.96. The molecule has 1 aliphatic rings. The van der Waals surface area contributed by atoms with Gasteiger partial charge in [0.2, 0.25) is 5.91 Å². The molecule has 0 saturated heterocycles. The topological polar surface area (TPSA) is 137 Å². The average Bonchev–Trinajstić information content (AvgIpc) is 2.69. The molecule has 1 heterocycles. The van der Waals surface area contributed by atoms with E-state index in [0.29, 0.717) is 12.1 Å². The van der Waals surface area contributed by atoms with Crippen molar-refractivity contribution in [2.75, 3.05) is 26.4 Å². The first-order chi connectivity index (χ1) is 14.5. The van der Waals surface area contributed by atoms with E-state index in [9.17, 15) is 19.8 Å². The van der Waals surface area contributed by atoms with E-state index in [-0.39, 0.29) is 43.2 Å². The monoisotopic (exact) mass is 418 g/mol. The SMILES string of the molecule is O=C(CON/C1=C\c2cc(O)cc(O)c2C(=O)OCCC=CCCC=C1)NCCO. The average molecular weight is 418 g/mol. The van der Waals surface area contributed by atoms with Gasteiger partial charge in [-0.2, -0.15) is 0 Å². The summed E-state index contributed by atoms with van der Waals surface area (Å²) in [5.74, 6) is -1.79. The van der Waals surface area contributed by atoms with E-state index in [4.69, 9.17) is 14.7 Å². The van der Waals surface area contributed by atoms with Crippen molar-refractivity contribution < 1.29 is 34.5 Å². The summed E-state index contributed by atoms with van der Waals surface area (Å²) in [5, 5.41) is 31.2. The number of fused-ring (bicyclic) bond motifs is 1. The van der Waals surface area contributed by atoms with Gasteiger partial charge in [0.15, 0.2) is 6.61 Å². The van der Waals surface area contributed by atoms with Crippen LogP contribution < -0.4 is 10.8 Å². The fraction of sp³-hybridized carbons (Fsp3) is 0.333. The van der Waals surface area contributed by atoms with Crippen molar-refractivity contribution in [3.63, 3.8) is 0 Å². The van der Waals surface area contributed by atoms with Crippen LogP contribution in [0.15, 0.2) is 42.1 Å². The minimum atomic E-state index is -0.725. The van der Waals surface area contributed by atoms with E-state index in [0.717, 1.165) is 18.9 Å². The van der Waals surface area contributed by atoms with Crippen molar-refractivity contribution in [1.29, 1.82) is 0 Å². The van der Waals surface area contributed by atoms with Gasteiger partial charge in [0, 0.05) is 12.6 Å². The van der Waals surface area contributed by atoms with Gasteiger partial charge in [0.1, 0.15) is 17.1 Å². The number of phenolic OH excluding ortho intramolecular Hbond substituents is 2. The van der Waals surface area contributed by atoms with Gasteiger partial charge in [-0.3, -0.25) is 15.1 Å². The summed E-state index contributed by atoms with van der Waals surface area (Å²) in [6, 6.07) is 2.37. The molecule has 2 rings (SSSR count). The molecule has 5 N–H and O–H groups in total. The predicted molar refractivity (Wildman–Crippen MR) is 109 cm³/mol. The highest BCUT2D eigenvalue weighted by atomic mass is 16.6. The predicted octanol–water partition coefficient (Wildman–Crippen LogP) is 1.52. The molecule has 30 heavy (non-hydrogen) atoms. The molecule has 1 amide bonds. The molecule has 0 atom stereocenters. The number of nitrogens with one attached hydrogen (secondary N) is 2. The third kappa shape index (κ3) is 7.61. The first-order valence-electron chi connectivity index (χ1n) is 9.53. The lowest BCUT2D eigenvalue weighted by Gasteiger charge is -2.12. The van der Waals surface area contributed by atoms with Crippen LogP contribution in [-0.4, -0.2) is 53.6 Å². The van der Waals surface area contributed by atoms with Crippen LogP contribution in [0, 0.1) is 0 Å². The molecule has 0 unspecified atom stereocenters. The number of aromatic hydroxyl groups is 2. The lowest BCUT2D eigenvalue weighted by atomic mass is 10.0. The number of amides is 1. The number of benzene rings is 1. The van der Waals surface area contributed by atoms with Crippen LogP contribution >= 0.6 is 0 Å². The minimum absolute atomic E-state index is 0.0952. The Bertz CT molecular complexity index is 831. The van der Waals surface area contributed by atoms with Crippen LogP contribution in [0.2, 0.25) is 0 Å². The lowest BCUT2D eigenvalue weighted by molar-refractivity contribution is -0.127. The zero-order valence-electron chi connectivity index (χ0n) is 16.5. The second-order valence-electron chi connectivity index (χ2n) is 6.37. The number of carbonyl (C=O) groups excluding carboxylic acids is 2. The summed E-state index contributed by atoms with van der Waals surface area (Å²) in [4.78, 5) is 29.2. The molecule has 1 aromatic carbocycles. The number of phenols is 2. The summed E-state index contributed by atoms with van der Waals surface area (Å²) >= 11 is 0. The van der Waals surface area contributed by atoms with Crippen molar-refractivity contribution in [1.82, 2.24) is 10.8 Å². The van der Waals surface area contributed by atoms with Crippen molar-refractivity contribution in [3.05, 3.63) is 53.3 Å². The maximum atomic E-state index is 12.5. The van der Waals surface area contributed by atoms with Crippen molar-refractivity contribution in [2.24, 2.45) is 0 Å². The highest BCUT2D eigenvalue weighted by Crippen LogP contribution is 2.29. The van der Waals surface area contributed by atoms with Crippen molar-refractivity contribution in [3.8, 4) is 11.5 Å². The standard InChI is InChI=1S/C21H26N2O7/c24-9-8-22-19(27)14-30-23-16-7-5-3-1-2-4-6-10-29-21(28)20-15(11-16)12-17(25)13-18(20)26/h2,4-5,7,11-13,23-26H,1,3,6,8-10,14H2,(H,22,27)/b4-2?,7-5?,16-11-. The fourth-order valence-corrected chi connectivity index (χ4v) is 2.61. The van der Waals surface area contributed by atoms with Gasteiger partial charge in [-0.05, 0) is 43.0 Å². The van der Waals surface area contributed by atoms with E-state index in [1.807, 2.05) is 18.2 Å². The number of aliphatic hydroxyl groups is 1. The fourth-order valence-electron chi connectivity index (χ4n) is 2.61. The summed E-state index contributed by atoms with van der Waals surface area (Å²) in [5.41, 5.74) is 3.12. The van der Waals surface area contributed by atoms with E-state index < -0.39 is 17.6 Å². The Morgan fingerprint density at radius 3 is 2.70 bits per heavy atom. The molecule has 0 spiro atoms. The molecule has 9 nitrogen and oxygen atoms in total. The quantitative estimate of drug-likeness (QED) is 0.266. The number of hydrogen-bond acceptors (Lipinski definition) is 8. The molecule has 0 radical (unpaired) electrons. The van der Waals surface area contributed by atoms with Gasteiger partial charge in [0.25, 0.3) is 0 Å². The molecule has 0 aromatic heterocycles. The Kier molecular flexibility index (Phi) is 9.43. The highest BCUT2D eigenvalue weighted by molar-refractivity contribution is 5.97. The third-order valence-electron chi connectivity index (χ3n) is 3.96. The largest absolute Gasteiger partial charge is 0.508 e. The Balaban J connectivity index is 2.29. The van der Waals surface area contributed by atoms with Crippen LogP contribution in [0.5, 0.6) is 11.5 Å². The zero-order chi connectivity index (χ0) is 21.8. The zero-order valence-corrected chi connectivity index (χ0v) is 16.5. The number of rotatable bonds is 6. The van der Waals surface area contributed by atoms with E-state index in [2.05, 4.69) is 10.8 Å². The van der Waals surface area contributed by atoms with Crippen LogP contribution in [0.1, 0.15) is 35.2 Å². The molecular weight excluding hydrogens is 392 g/mol. The second kappa shape index (κ2) is 12.3. The number of allylic oxidation sites excluding steroid dienone is 3. The summed E-state index contributed by atoms with van der Waals surface area (Å²) in [7, 11) is 0. The Labute approximate surface area is 174 Å². The number of aliphatic hydroxyl groups excluding tert-OH is 1. The van der Waals surface area contributed by atoms with Crippen LogP contribution in [-0.2, 0) is 14.4 Å². The number of carbonyl (C=O) groups is 2. The normalized spacial score (nSPS) is 16.6. The number of cyclic esters (lactones) is 1. The number of ether oxygens (including phenoxy) is 1. The molecule has 162 valence electrons. The molecule has 1 aromatic rings. The summed E-state index contributed by atoms with van der Waals surface area (Å²) in [6.07, 6.45) is 11.0. The lowest BCUT2D eigenvalue weighted by Crippen LogP contribution is -2.32. The van der Waals surface area contributed by atoms with Gasteiger partial charge in [-0.1, -0.05) is 18.2 Å². The maximum Gasteiger partial charge on any atom is 0.342 e. The number of esters is 1. The first-order valence-corrected chi connectivity index (χ1v) is 9.53. The first kappa shape index (κ1) is 23.0. The van der Waals surface area contributed by atoms with Crippen molar-refractivity contribution >= 4 is 18.0 Å². The van der Waals surface area contributed by atoms with Gasteiger partial charge in [-0.15, -0.1) is 0 Å². The Hall–Kier alpha value is -3.30. The van der Waals surface area contributed by atoms with E-state index in [1.165, 1.54) is 12.1 Å². The molecule has 0 bridgehead atoms. The molecule has 0 aliphatic carbocycles. The molecule has 0 saturated carbocycles. The summed E-state index contributed by atoms with van der Waals surface area (Å²) in [6.45, 7) is -0.215.